The van der Waals surface area contributed by atoms with E-state index in [0.29, 0.717) is 12.8 Å². The van der Waals surface area contributed by atoms with Crippen molar-refractivity contribution >= 4 is 21.8 Å². The normalized spacial score (nSPS) is 17.1. The number of benzene rings is 1. The van der Waals surface area contributed by atoms with E-state index in [0.717, 1.165) is 6.07 Å². The zero-order valence-electron chi connectivity index (χ0n) is 11.0. The highest BCUT2D eigenvalue weighted by Crippen LogP contribution is 2.24. The summed E-state index contributed by atoms with van der Waals surface area (Å²) in [5, 5.41) is 10.7. The molecule has 112 valence electrons. The van der Waals surface area contributed by atoms with Crippen molar-refractivity contribution in [2.24, 2.45) is 4.99 Å². The van der Waals surface area contributed by atoms with E-state index in [2.05, 4.69) is 4.99 Å². The molecule has 0 bridgehead atoms. The van der Waals surface area contributed by atoms with E-state index in [4.69, 9.17) is 0 Å². The van der Waals surface area contributed by atoms with Gasteiger partial charge in [-0.3, -0.25) is 10.1 Å². The fourth-order valence-corrected chi connectivity index (χ4v) is 3.70. The number of nitrogens with zero attached hydrogens (tertiary/aromatic N) is 3. The predicted molar refractivity (Wildman–Crippen MR) is 73.0 cm³/mol. The molecule has 1 heterocycles. The summed E-state index contributed by atoms with van der Waals surface area (Å²) < 4.78 is 26.1. The number of isocyanates is 1. The summed E-state index contributed by atoms with van der Waals surface area (Å²) in [7, 11) is -3.77. The van der Waals surface area contributed by atoms with Crippen molar-refractivity contribution in [3.8, 4) is 0 Å². The average Bonchev–Trinajstić information content (AvgIpc) is 2.48. The minimum absolute atomic E-state index is 0.103. The van der Waals surface area contributed by atoms with Gasteiger partial charge in [-0.05, 0) is 18.9 Å². The van der Waals surface area contributed by atoms with Crippen molar-refractivity contribution in [3.63, 3.8) is 0 Å². The van der Waals surface area contributed by atoms with Crippen LogP contribution in [0.25, 0.3) is 0 Å². The molecule has 0 amide bonds. The molecule has 9 heteroatoms. The number of non-ortho nitro benzene ring substituents is 1. The van der Waals surface area contributed by atoms with Gasteiger partial charge in [0, 0.05) is 25.2 Å². The van der Waals surface area contributed by atoms with E-state index in [1.807, 2.05) is 0 Å². The van der Waals surface area contributed by atoms with Gasteiger partial charge in [0.1, 0.15) is 0 Å². The molecule has 0 atom stereocenters. The highest BCUT2D eigenvalue weighted by Gasteiger charge is 2.30. The predicted octanol–water partition coefficient (Wildman–Crippen LogP) is 1.08. The van der Waals surface area contributed by atoms with Crippen LogP contribution in [0.15, 0.2) is 34.2 Å². The molecule has 0 saturated carbocycles. The Morgan fingerprint density at radius 3 is 2.57 bits per heavy atom. The van der Waals surface area contributed by atoms with Gasteiger partial charge in [0.25, 0.3) is 5.69 Å². The van der Waals surface area contributed by atoms with Crippen LogP contribution < -0.4 is 0 Å². The summed E-state index contributed by atoms with van der Waals surface area (Å²) in [6.07, 6.45) is 2.34. The van der Waals surface area contributed by atoms with E-state index in [1.54, 1.807) is 0 Å². The fourth-order valence-electron chi connectivity index (χ4n) is 2.19. The summed E-state index contributed by atoms with van der Waals surface area (Å²) in [5.74, 6) is 0. The zero-order valence-corrected chi connectivity index (χ0v) is 11.8. The van der Waals surface area contributed by atoms with Crippen LogP contribution >= 0.6 is 0 Å². The second-order valence-corrected chi connectivity index (χ2v) is 6.55. The van der Waals surface area contributed by atoms with Crippen molar-refractivity contribution in [3.05, 3.63) is 34.4 Å². The Bertz CT molecular complexity index is 689. The lowest BCUT2D eigenvalue weighted by atomic mass is 10.1. The van der Waals surface area contributed by atoms with Crippen LogP contribution in [0.4, 0.5) is 5.69 Å². The largest absolute Gasteiger partial charge is 0.270 e. The molecule has 1 aromatic carbocycles. The van der Waals surface area contributed by atoms with Crippen LogP contribution in [0.3, 0.4) is 0 Å². The third-order valence-corrected chi connectivity index (χ3v) is 5.22. The van der Waals surface area contributed by atoms with Crippen molar-refractivity contribution in [1.82, 2.24) is 4.31 Å². The van der Waals surface area contributed by atoms with Crippen molar-refractivity contribution in [2.45, 2.75) is 23.8 Å². The third kappa shape index (κ3) is 3.33. The van der Waals surface area contributed by atoms with Gasteiger partial charge >= 0.3 is 0 Å². The number of rotatable bonds is 4. The maximum absolute atomic E-state index is 12.4. The Hall–Kier alpha value is -2.09. The summed E-state index contributed by atoms with van der Waals surface area (Å²) >= 11 is 0. The quantitative estimate of drug-likeness (QED) is 0.357. The number of carbonyl (C=O) groups excluding carboxylic acids is 1. The van der Waals surface area contributed by atoms with Crippen LogP contribution in [0.2, 0.25) is 0 Å². The minimum atomic E-state index is -3.77. The monoisotopic (exact) mass is 311 g/mol. The van der Waals surface area contributed by atoms with E-state index in [-0.39, 0.29) is 29.7 Å². The number of aliphatic imine (C=N–C) groups is 1. The number of nitro groups is 1. The Balaban J connectivity index is 2.21. The molecule has 0 spiro atoms. The van der Waals surface area contributed by atoms with Gasteiger partial charge in [0.05, 0.1) is 15.9 Å². The van der Waals surface area contributed by atoms with Crippen molar-refractivity contribution in [1.29, 1.82) is 0 Å². The summed E-state index contributed by atoms with van der Waals surface area (Å²) in [6.45, 7) is 0.446. The molecule has 21 heavy (non-hydrogen) atoms. The van der Waals surface area contributed by atoms with E-state index in [9.17, 15) is 23.3 Å². The average molecular weight is 311 g/mol. The summed E-state index contributed by atoms with van der Waals surface area (Å²) in [6, 6.07) is 4.75. The number of hydrogen-bond donors (Lipinski definition) is 0. The van der Waals surface area contributed by atoms with Gasteiger partial charge in [-0.1, -0.05) is 6.07 Å². The first-order valence-electron chi connectivity index (χ1n) is 6.27. The van der Waals surface area contributed by atoms with Crippen LogP contribution in [0.5, 0.6) is 0 Å². The molecule has 0 radical (unpaired) electrons. The van der Waals surface area contributed by atoms with E-state index < -0.39 is 14.9 Å². The third-order valence-electron chi connectivity index (χ3n) is 3.32. The lowest BCUT2D eigenvalue weighted by Crippen LogP contribution is -2.39. The van der Waals surface area contributed by atoms with Gasteiger partial charge in [-0.25, -0.2) is 18.2 Å². The highest BCUT2D eigenvalue weighted by molar-refractivity contribution is 7.89. The molecule has 0 N–H and O–H groups in total. The zero-order chi connectivity index (χ0) is 15.5. The first-order chi connectivity index (χ1) is 9.95. The summed E-state index contributed by atoms with van der Waals surface area (Å²) in [5.41, 5.74) is -0.267. The van der Waals surface area contributed by atoms with Gasteiger partial charge in [-0.15, -0.1) is 0 Å². The van der Waals surface area contributed by atoms with Crippen molar-refractivity contribution < 1.29 is 18.1 Å². The molecule has 0 aliphatic carbocycles. The molecule has 2 rings (SSSR count). The number of hydrogen-bond acceptors (Lipinski definition) is 6. The fraction of sp³-hybridized carbons (Fsp3) is 0.417. The number of nitro benzene ring substituents is 1. The van der Waals surface area contributed by atoms with Crippen LogP contribution in [-0.2, 0) is 14.8 Å². The first kappa shape index (κ1) is 15.3. The molecule has 1 fully saturated rings. The van der Waals surface area contributed by atoms with Crippen molar-refractivity contribution in [2.75, 3.05) is 13.1 Å². The second-order valence-electron chi connectivity index (χ2n) is 4.61. The maximum Gasteiger partial charge on any atom is 0.270 e. The molecular weight excluding hydrogens is 298 g/mol. The first-order valence-corrected chi connectivity index (χ1v) is 7.71. The standard InChI is InChI=1S/C12H13N3O5S/c16-9-13-10-4-6-14(7-5-10)21(19,20)12-3-1-2-11(8-12)15(17)18/h1-3,8,10H,4-7H2. The molecule has 1 saturated heterocycles. The smallest absolute Gasteiger partial charge is 0.258 e. The Morgan fingerprint density at radius 2 is 2.00 bits per heavy atom. The molecule has 0 unspecified atom stereocenters. The lowest BCUT2D eigenvalue weighted by molar-refractivity contribution is -0.385. The SMILES string of the molecule is O=C=NC1CCN(S(=O)(=O)c2cccc([N+](=O)[O-])c2)CC1. The Kier molecular flexibility index (Phi) is 4.46. The highest BCUT2D eigenvalue weighted by atomic mass is 32.2. The van der Waals surface area contributed by atoms with Crippen LogP contribution in [-0.4, -0.2) is 42.9 Å². The minimum Gasteiger partial charge on any atom is -0.258 e. The molecule has 0 aromatic heterocycles. The van der Waals surface area contributed by atoms with Crippen LogP contribution in [0.1, 0.15) is 12.8 Å². The maximum atomic E-state index is 12.4. The second kappa shape index (κ2) is 6.13. The molecule has 1 aromatic rings. The van der Waals surface area contributed by atoms with Crippen LogP contribution in [0, 0.1) is 10.1 Å². The lowest BCUT2D eigenvalue weighted by Gasteiger charge is -2.28. The van der Waals surface area contributed by atoms with Gasteiger partial charge in [0.2, 0.25) is 16.1 Å². The molecule has 1 aliphatic heterocycles. The number of piperidine rings is 1. The topological polar surface area (TPSA) is 110 Å². The van der Waals surface area contributed by atoms with Gasteiger partial charge < -0.3 is 0 Å². The van der Waals surface area contributed by atoms with E-state index in [1.165, 1.54) is 28.6 Å². The molecule has 8 nitrogen and oxygen atoms in total. The van der Waals surface area contributed by atoms with Gasteiger partial charge in [-0.2, -0.15) is 4.31 Å². The number of sulfonamides is 1. The molecule has 1 aliphatic rings. The Labute approximate surface area is 121 Å². The van der Waals surface area contributed by atoms with Gasteiger partial charge in [0.15, 0.2) is 0 Å². The Morgan fingerprint density at radius 1 is 1.33 bits per heavy atom. The molecular formula is C12H13N3O5S. The van der Waals surface area contributed by atoms with E-state index >= 15 is 0 Å². The summed E-state index contributed by atoms with van der Waals surface area (Å²) in [4.78, 5) is 23.8.